The molecule has 0 spiro atoms. The fraction of sp³-hybridized carbons (Fsp3) is 0.667. The lowest BCUT2D eigenvalue weighted by Gasteiger charge is -2.20. The maximum Gasteiger partial charge on any atom is 0.0589 e. The predicted molar refractivity (Wildman–Crippen MR) is 79.0 cm³/mol. The van der Waals surface area contributed by atoms with E-state index in [1.807, 2.05) is 0 Å². The minimum Gasteiger partial charge on any atom is -0.383 e. The zero-order valence-electron chi connectivity index (χ0n) is 12.9. The molecule has 0 bridgehead atoms. The number of nitrogens with one attached hydrogen (secondary N) is 1. The van der Waals surface area contributed by atoms with Crippen molar-refractivity contribution >= 4 is 0 Å². The van der Waals surface area contributed by atoms with Crippen molar-refractivity contribution in [2.24, 2.45) is 0 Å². The van der Waals surface area contributed by atoms with Crippen molar-refractivity contribution in [1.82, 2.24) is 15.2 Å². The van der Waals surface area contributed by atoms with E-state index in [2.05, 4.69) is 61.2 Å². The lowest BCUT2D eigenvalue weighted by atomic mass is 10.1. The standard InChI is InChI=1S/C15H27N3O/c1-15(2,3)16-11-13-7-6-8-14(17-13)12-18(4)9-10-19-5/h6-8,16H,9-12H2,1-5H3. The normalized spacial score (nSPS) is 12.1. The van der Waals surface area contributed by atoms with Crippen LogP contribution in [-0.4, -0.2) is 42.7 Å². The van der Waals surface area contributed by atoms with Gasteiger partial charge in [0.05, 0.1) is 18.0 Å². The molecule has 0 aromatic carbocycles. The maximum atomic E-state index is 5.08. The summed E-state index contributed by atoms with van der Waals surface area (Å²) in [5.74, 6) is 0. The van der Waals surface area contributed by atoms with E-state index in [4.69, 9.17) is 4.74 Å². The Labute approximate surface area is 117 Å². The summed E-state index contributed by atoms with van der Waals surface area (Å²) < 4.78 is 5.08. The van der Waals surface area contributed by atoms with Gasteiger partial charge in [0.1, 0.15) is 0 Å². The molecular formula is C15H27N3O. The van der Waals surface area contributed by atoms with Crippen LogP contribution in [0.2, 0.25) is 0 Å². The molecule has 0 unspecified atom stereocenters. The predicted octanol–water partition coefficient (Wildman–Crippen LogP) is 2.05. The van der Waals surface area contributed by atoms with E-state index in [1.54, 1.807) is 7.11 Å². The van der Waals surface area contributed by atoms with Gasteiger partial charge in [-0.2, -0.15) is 0 Å². The van der Waals surface area contributed by atoms with Crippen molar-refractivity contribution in [2.75, 3.05) is 27.3 Å². The number of hydrogen-bond acceptors (Lipinski definition) is 4. The Balaban J connectivity index is 2.52. The topological polar surface area (TPSA) is 37.4 Å². The summed E-state index contributed by atoms with van der Waals surface area (Å²) in [5, 5.41) is 3.46. The molecule has 0 aliphatic rings. The van der Waals surface area contributed by atoms with Crippen LogP contribution in [0.15, 0.2) is 18.2 Å². The molecule has 4 heteroatoms. The van der Waals surface area contributed by atoms with Crippen LogP contribution in [0.3, 0.4) is 0 Å². The van der Waals surface area contributed by atoms with E-state index >= 15 is 0 Å². The Morgan fingerprint density at radius 1 is 1.26 bits per heavy atom. The average molecular weight is 265 g/mol. The van der Waals surface area contributed by atoms with Crippen LogP contribution < -0.4 is 5.32 Å². The van der Waals surface area contributed by atoms with Gasteiger partial charge in [0, 0.05) is 32.3 Å². The van der Waals surface area contributed by atoms with E-state index in [9.17, 15) is 0 Å². The highest BCUT2D eigenvalue weighted by atomic mass is 16.5. The molecule has 0 aliphatic carbocycles. The van der Waals surface area contributed by atoms with E-state index in [1.165, 1.54) is 0 Å². The summed E-state index contributed by atoms with van der Waals surface area (Å²) in [6.45, 7) is 9.82. The molecule has 4 nitrogen and oxygen atoms in total. The van der Waals surface area contributed by atoms with Crippen molar-refractivity contribution < 1.29 is 4.74 Å². The van der Waals surface area contributed by atoms with Gasteiger partial charge < -0.3 is 10.1 Å². The second-order valence-corrected chi connectivity index (χ2v) is 5.95. The third-order valence-electron chi connectivity index (χ3n) is 2.77. The first-order valence-electron chi connectivity index (χ1n) is 6.78. The SMILES string of the molecule is COCCN(C)Cc1cccc(CNC(C)(C)C)n1. The zero-order valence-corrected chi connectivity index (χ0v) is 12.9. The van der Waals surface area contributed by atoms with E-state index in [0.29, 0.717) is 0 Å². The largest absolute Gasteiger partial charge is 0.383 e. The van der Waals surface area contributed by atoms with Crippen LogP contribution >= 0.6 is 0 Å². The molecule has 1 N–H and O–H groups in total. The summed E-state index contributed by atoms with van der Waals surface area (Å²) in [5.41, 5.74) is 2.31. The first kappa shape index (κ1) is 16.1. The minimum absolute atomic E-state index is 0.118. The highest BCUT2D eigenvalue weighted by Gasteiger charge is 2.09. The Morgan fingerprint density at radius 2 is 1.95 bits per heavy atom. The fourth-order valence-corrected chi connectivity index (χ4v) is 1.67. The second-order valence-electron chi connectivity index (χ2n) is 5.95. The number of hydrogen-bond donors (Lipinski definition) is 1. The molecule has 19 heavy (non-hydrogen) atoms. The molecule has 1 heterocycles. The average Bonchev–Trinajstić information content (AvgIpc) is 2.33. The lowest BCUT2D eigenvalue weighted by Crippen LogP contribution is -2.35. The van der Waals surface area contributed by atoms with Crippen LogP contribution in [0.25, 0.3) is 0 Å². The van der Waals surface area contributed by atoms with Gasteiger partial charge in [0.2, 0.25) is 0 Å². The molecule has 0 radical (unpaired) electrons. The molecule has 0 atom stereocenters. The number of aromatic nitrogens is 1. The first-order chi connectivity index (χ1) is 8.90. The van der Waals surface area contributed by atoms with Crippen molar-refractivity contribution in [3.63, 3.8) is 0 Å². The molecule has 0 fully saturated rings. The number of methoxy groups -OCH3 is 1. The molecule has 0 saturated carbocycles. The molecule has 0 amide bonds. The lowest BCUT2D eigenvalue weighted by molar-refractivity contribution is 0.158. The Bertz CT molecular complexity index is 374. The highest BCUT2D eigenvalue weighted by Crippen LogP contribution is 2.05. The van der Waals surface area contributed by atoms with Crippen LogP contribution in [0, 0.1) is 0 Å². The van der Waals surface area contributed by atoms with Gasteiger partial charge in [0.25, 0.3) is 0 Å². The molecule has 0 aliphatic heterocycles. The molecule has 1 aromatic heterocycles. The number of ether oxygens (including phenoxy) is 1. The quantitative estimate of drug-likeness (QED) is 0.819. The van der Waals surface area contributed by atoms with Gasteiger partial charge in [-0.05, 0) is 40.0 Å². The fourth-order valence-electron chi connectivity index (χ4n) is 1.67. The van der Waals surface area contributed by atoms with Gasteiger partial charge >= 0.3 is 0 Å². The summed E-state index contributed by atoms with van der Waals surface area (Å²) in [7, 11) is 3.81. The Hall–Kier alpha value is -0.970. The third kappa shape index (κ3) is 7.25. The Morgan fingerprint density at radius 3 is 2.58 bits per heavy atom. The molecule has 1 rings (SSSR count). The summed E-state index contributed by atoms with van der Waals surface area (Å²) in [6, 6.07) is 6.22. The number of nitrogens with zero attached hydrogens (tertiary/aromatic N) is 2. The maximum absolute atomic E-state index is 5.08. The summed E-state index contributed by atoms with van der Waals surface area (Å²) >= 11 is 0. The van der Waals surface area contributed by atoms with Crippen LogP contribution in [0.5, 0.6) is 0 Å². The van der Waals surface area contributed by atoms with Gasteiger partial charge in [-0.3, -0.25) is 9.88 Å². The van der Waals surface area contributed by atoms with Gasteiger partial charge in [-0.1, -0.05) is 6.07 Å². The first-order valence-corrected chi connectivity index (χ1v) is 6.78. The smallest absolute Gasteiger partial charge is 0.0589 e. The zero-order chi connectivity index (χ0) is 14.3. The Kier molecular flexibility index (Phi) is 6.42. The minimum atomic E-state index is 0.118. The van der Waals surface area contributed by atoms with E-state index < -0.39 is 0 Å². The van der Waals surface area contributed by atoms with Crippen LogP contribution in [-0.2, 0) is 17.8 Å². The van der Waals surface area contributed by atoms with E-state index in [-0.39, 0.29) is 5.54 Å². The van der Waals surface area contributed by atoms with Crippen molar-refractivity contribution in [2.45, 2.75) is 39.4 Å². The van der Waals surface area contributed by atoms with Gasteiger partial charge in [-0.15, -0.1) is 0 Å². The van der Waals surface area contributed by atoms with Gasteiger partial charge in [0.15, 0.2) is 0 Å². The monoisotopic (exact) mass is 265 g/mol. The van der Waals surface area contributed by atoms with E-state index in [0.717, 1.165) is 37.6 Å². The highest BCUT2D eigenvalue weighted by molar-refractivity contribution is 5.11. The summed E-state index contributed by atoms with van der Waals surface area (Å²) in [4.78, 5) is 6.89. The van der Waals surface area contributed by atoms with Gasteiger partial charge in [-0.25, -0.2) is 0 Å². The van der Waals surface area contributed by atoms with Crippen molar-refractivity contribution in [3.05, 3.63) is 29.6 Å². The van der Waals surface area contributed by atoms with Crippen molar-refractivity contribution in [3.8, 4) is 0 Å². The van der Waals surface area contributed by atoms with Crippen LogP contribution in [0.4, 0.5) is 0 Å². The molecule has 108 valence electrons. The third-order valence-corrected chi connectivity index (χ3v) is 2.77. The van der Waals surface area contributed by atoms with Crippen molar-refractivity contribution in [1.29, 1.82) is 0 Å². The number of pyridine rings is 1. The second kappa shape index (κ2) is 7.58. The molecule has 1 aromatic rings. The molecule has 0 saturated heterocycles. The number of rotatable bonds is 7. The number of likely N-dealkylation sites (N-methyl/N-ethyl adjacent to an activating group) is 1. The summed E-state index contributed by atoms with van der Waals surface area (Å²) in [6.07, 6.45) is 0. The molecular weight excluding hydrogens is 238 g/mol. The van der Waals surface area contributed by atoms with Crippen LogP contribution in [0.1, 0.15) is 32.2 Å².